The van der Waals surface area contributed by atoms with Crippen LogP contribution in [-0.2, 0) is 11.2 Å². The van der Waals surface area contributed by atoms with Crippen LogP contribution in [0.25, 0.3) is 0 Å². The first-order valence-corrected chi connectivity index (χ1v) is 14.5. The molecule has 0 N–H and O–H groups in total. The van der Waals surface area contributed by atoms with Gasteiger partial charge in [0.15, 0.2) is 11.6 Å². The van der Waals surface area contributed by atoms with Crippen molar-refractivity contribution in [1.29, 1.82) is 0 Å². The fourth-order valence-corrected chi connectivity index (χ4v) is 7.00. The van der Waals surface area contributed by atoms with Gasteiger partial charge in [0, 0.05) is 12.5 Å². The molecule has 0 bridgehead atoms. The third kappa shape index (κ3) is 6.85. The number of rotatable bonds is 10. The van der Waals surface area contributed by atoms with Crippen LogP contribution in [0.3, 0.4) is 0 Å². The van der Waals surface area contributed by atoms with Crippen LogP contribution in [0.2, 0.25) is 0 Å². The Hall–Kier alpha value is -1.48. The number of halogens is 2. The van der Waals surface area contributed by atoms with Gasteiger partial charge in [-0.15, -0.1) is 6.58 Å². The smallest absolute Gasteiger partial charge is 0.162 e. The first kappa shape index (κ1) is 26.6. The van der Waals surface area contributed by atoms with Crippen LogP contribution in [0.15, 0.2) is 36.9 Å². The van der Waals surface area contributed by atoms with E-state index in [9.17, 15) is 8.78 Å². The van der Waals surface area contributed by atoms with Crippen molar-refractivity contribution in [2.45, 2.75) is 109 Å². The first-order valence-electron chi connectivity index (χ1n) is 14.5. The molecule has 0 radical (unpaired) electrons. The van der Waals surface area contributed by atoms with Gasteiger partial charge in [-0.05, 0) is 118 Å². The van der Waals surface area contributed by atoms with E-state index in [4.69, 9.17) is 4.74 Å². The molecule has 3 aliphatic carbocycles. The first-order chi connectivity index (χ1) is 17.1. The summed E-state index contributed by atoms with van der Waals surface area (Å²) >= 11 is 0. The van der Waals surface area contributed by atoms with Gasteiger partial charge < -0.3 is 4.74 Å². The lowest BCUT2D eigenvalue weighted by atomic mass is 9.66. The van der Waals surface area contributed by atoms with Crippen LogP contribution >= 0.6 is 0 Å². The summed E-state index contributed by atoms with van der Waals surface area (Å²) in [5.74, 6) is 1.86. The second kappa shape index (κ2) is 13.2. The summed E-state index contributed by atoms with van der Waals surface area (Å²) in [6, 6.07) is 3.57. The number of hydrogen-bond acceptors (Lipinski definition) is 1. The molecule has 0 spiro atoms. The Balaban J connectivity index is 1.24. The van der Waals surface area contributed by atoms with Gasteiger partial charge in [-0.2, -0.15) is 0 Å². The van der Waals surface area contributed by atoms with Gasteiger partial charge in [0.2, 0.25) is 0 Å². The molecule has 2 saturated carbocycles. The Morgan fingerprint density at radius 1 is 0.857 bits per heavy atom. The lowest BCUT2D eigenvalue weighted by Crippen LogP contribution is -2.30. The summed E-state index contributed by atoms with van der Waals surface area (Å²) in [7, 11) is 0. The Morgan fingerprint density at radius 3 is 2.17 bits per heavy atom. The van der Waals surface area contributed by atoms with Crippen LogP contribution in [0.5, 0.6) is 0 Å². The number of ether oxygens (including phenoxy) is 1. The van der Waals surface area contributed by atoms with Crippen molar-refractivity contribution < 1.29 is 13.5 Å². The Bertz CT molecular complexity index is 830. The van der Waals surface area contributed by atoms with E-state index in [0.29, 0.717) is 36.0 Å². The molecule has 35 heavy (non-hydrogen) atoms. The molecule has 1 nitrogen and oxygen atoms in total. The standard InChI is InChI=1S/C32H46F2O/c1-3-5-7-28-18-21-30(32(34)31(28)33)27-14-12-25(13-15-27)23-8-10-24(11-9-23)26-16-19-29(20-17-26)35-22-6-4-2/h3,12,14,18,21,23-27,29H,1,4-11,13,15-17,19-20,22H2,2H3. The van der Waals surface area contributed by atoms with Crippen molar-refractivity contribution in [3.8, 4) is 0 Å². The van der Waals surface area contributed by atoms with Gasteiger partial charge in [0.1, 0.15) is 0 Å². The molecule has 3 heteroatoms. The maximum atomic E-state index is 14.8. The van der Waals surface area contributed by atoms with Crippen LogP contribution in [-0.4, -0.2) is 12.7 Å². The molecule has 0 saturated heterocycles. The van der Waals surface area contributed by atoms with Crippen molar-refractivity contribution in [1.82, 2.24) is 0 Å². The summed E-state index contributed by atoms with van der Waals surface area (Å²) in [5, 5.41) is 0. The molecule has 0 amide bonds. The summed E-state index contributed by atoms with van der Waals surface area (Å²) in [4.78, 5) is 0. The van der Waals surface area contributed by atoms with Crippen molar-refractivity contribution in [3.63, 3.8) is 0 Å². The zero-order valence-corrected chi connectivity index (χ0v) is 21.8. The molecule has 2 unspecified atom stereocenters. The molecular formula is C32H46F2O. The van der Waals surface area contributed by atoms with Gasteiger partial charge in [-0.25, -0.2) is 8.78 Å². The third-order valence-corrected chi connectivity index (χ3v) is 9.27. The molecule has 0 heterocycles. The fraction of sp³-hybridized carbons (Fsp3) is 0.688. The van der Waals surface area contributed by atoms with Crippen LogP contribution in [0.4, 0.5) is 8.78 Å². The predicted molar refractivity (Wildman–Crippen MR) is 142 cm³/mol. The number of hydrogen-bond donors (Lipinski definition) is 0. The van der Waals surface area contributed by atoms with Gasteiger partial charge in [0.25, 0.3) is 0 Å². The minimum Gasteiger partial charge on any atom is -0.378 e. The minimum absolute atomic E-state index is 0.000253. The van der Waals surface area contributed by atoms with Gasteiger partial charge in [-0.1, -0.05) is 43.7 Å². The minimum atomic E-state index is -0.667. The van der Waals surface area contributed by atoms with Crippen molar-refractivity contribution in [2.75, 3.05) is 6.61 Å². The number of aryl methyl sites for hydroxylation is 1. The van der Waals surface area contributed by atoms with Gasteiger partial charge in [0.05, 0.1) is 6.10 Å². The zero-order valence-electron chi connectivity index (χ0n) is 21.8. The van der Waals surface area contributed by atoms with Crippen LogP contribution in [0.1, 0.15) is 107 Å². The lowest BCUT2D eigenvalue weighted by Gasteiger charge is -2.40. The van der Waals surface area contributed by atoms with Crippen LogP contribution in [0, 0.1) is 35.3 Å². The fourth-order valence-electron chi connectivity index (χ4n) is 7.00. The van der Waals surface area contributed by atoms with Crippen molar-refractivity contribution in [3.05, 3.63) is 59.7 Å². The summed E-state index contributed by atoms with van der Waals surface area (Å²) in [5.41, 5.74) is 0.982. The number of benzene rings is 1. The molecule has 3 aliphatic rings. The predicted octanol–water partition coefficient (Wildman–Crippen LogP) is 9.32. The number of unbranched alkanes of at least 4 members (excludes halogenated alkanes) is 1. The maximum Gasteiger partial charge on any atom is 0.162 e. The van der Waals surface area contributed by atoms with E-state index >= 15 is 0 Å². The molecular weight excluding hydrogens is 438 g/mol. The van der Waals surface area contributed by atoms with E-state index in [1.165, 1.54) is 64.2 Å². The molecule has 0 aromatic heterocycles. The Morgan fingerprint density at radius 2 is 1.54 bits per heavy atom. The normalized spacial score (nSPS) is 31.4. The molecule has 1 aromatic carbocycles. The van der Waals surface area contributed by atoms with E-state index in [2.05, 4.69) is 25.7 Å². The lowest BCUT2D eigenvalue weighted by molar-refractivity contribution is 0.00518. The van der Waals surface area contributed by atoms with Crippen molar-refractivity contribution in [2.24, 2.45) is 23.7 Å². The highest BCUT2D eigenvalue weighted by Crippen LogP contribution is 2.45. The second-order valence-electron chi connectivity index (χ2n) is 11.4. The van der Waals surface area contributed by atoms with E-state index in [-0.39, 0.29) is 5.92 Å². The van der Waals surface area contributed by atoms with E-state index < -0.39 is 11.6 Å². The number of allylic oxidation sites excluding steroid dienone is 3. The van der Waals surface area contributed by atoms with Crippen LogP contribution < -0.4 is 0 Å². The average Bonchev–Trinajstić information content (AvgIpc) is 2.90. The second-order valence-corrected chi connectivity index (χ2v) is 11.4. The molecule has 0 aliphatic heterocycles. The molecule has 4 rings (SSSR count). The zero-order chi connectivity index (χ0) is 24.6. The monoisotopic (exact) mass is 484 g/mol. The topological polar surface area (TPSA) is 9.23 Å². The van der Waals surface area contributed by atoms with Crippen molar-refractivity contribution >= 4 is 0 Å². The van der Waals surface area contributed by atoms with Gasteiger partial charge in [-0.3, -0.25) is 0 Å². The summed E-state index contributed by atoms with van der Waals surface area (Å²) < 4.78 is 35.4. The summed E-state index contributed by atoms with van der Waals surface area (Å²) in [6.45, 7) is 6.84. The largest absolute Gasteiger partial charge is 0.378 e. The molecule has 1 aromatic rings. The Kier molecular flexibility index (Phi) is 10.0. The van der Waals surface area contributed by atoms with E-state index in [0.717, 1.165) is 37.2 Å². The van der Waals surface area contributed by atoms with E-state index in [1.54, 1.807) is 18.2 Å². The van der Waals surface area contributed by atoms with Gasteiger partial charge >= 0.3 is 0 Å². The van der Waals surface area contributed by atoms with E-state index in [1.807, 2.05) is 0 Å². The highest BCUT2D eigenvalue weighted by atomic mass is 19.2. The quantitative estimate of drug-likeness (QED) is 0.237. The Labute approximate surface area is 212 Å². The third-order valence-electron chi connectivity index (χ3n) is 9.27. The molecule has 2 atom stereocenters. The maximum absolute atomic E-state index is 14.8. The average molecular weight is 485 g/mol. The molecule has 194 valence electrons. The molecule has 2 fully saturated rings. The summed E-state index contributed by atoms with van der Waals surface area (Å²) in [6.07, 6.45) is 23.0. The highest BCUT2D eigenvalue weighted by molar-refractivity contribution is 5.32. The SMILES string of the molecule is C=CCCc1ccc(C2C=CC(C3CCC(C4CCC(OCCCC)CC4)CC3)CC2)c(F)c1F. The highest BCUT2D eigenvalue weighted by Gasteiger charge is 2.34.